The average molecular weight is 310 g/mol. The van der Waals surface area contributed by atoms with Crippen molar-refractivity contribution in [1.29, 1.82) is 0 Å². The van der Waals surface area contributed by atoms with Crippen LogP contribution >= 0.6 is 11.6 Å². The van der Waals surface area contributed by atoms with E-state index in [9.17, 15) is 19.7 Å². The molecule has 9 heteroatoms. The summed E-state index contributed by atoms with van der Waals surface area (Å²) in [5.41, 5.74) is 0.0518. The Labute approximate surface area is 122 Å². The molecule has 0 aliphatic rings. The predicted molar refractivity (Wildman–Crippen MR) is 73.8 cm³/mol. The number of carboxylic acids is 1. The number of hydrogen-bond acceptors (Lipinski definition) is 4. The number of benzene rings is 1. The molecule has 0 aliphatic heterocycles. The van der Waals surface area contributed by atoms with E-state index in [0.29, 0.717) is 0 Å². The Morgan fingerprint density at radius 1 is 1.29 bits per heavy atom. The zero-order chi connectivity index (χ0) is 15.6. The van der Waals surface area contributed by atoms with Gasteiger partial charge in [0.25, 0.3) is 5.91 Å². The number of aromatic nitrogens is 1. The van der Waals surface area contributed by atoms with Gasteiger partial charge in [-0.1, -0.05) is 11.6 Å². The van der Waals surface area contributed by atoms with Crippen LogP contribution < -0.4 is 5.32 Å². The van der Waals surface area contributed by atoms with Crippen molar-refractivity contribution in [3.05, 3.63) is 56.7 Å². The van der Waals surface area contributed by atoms with Gasteiger partial charge in [0.15, 0.2) is 5.69 Å². The van der Waals surface area contributed by atoms with Crippen LogP contribution in [-0.4, -0.2) is 26.9 Å². The van der Waals surface area contributed by atoms with Crippen LogP contribution in [0.3, 0.4) is 0 Å². The fraction of sp³-hybridized carbons (Fsp3) is 0. The van der Waals surface area contributed by atoms with Crippen LogP contribution in [-0.2, 0) is 0 Å². The van der Waals surface area contributed by atoms with Gasteiger partial charge in [0.1, 0.15) is 0 Å². The van der Waals surface area contributed by atoms with Crippen LogP contribution in [0.4, 0.5) is 11.5 Å². The number of aromatic amines is 1. The second kappa shape index (κ2) is 5.63. The molecule has 0 fully saturated rings. The predicted octanol–water partition coefficient (Wildman–Crippen LogP) is 2.53. The molecule has 0 saturated heterocycles. The number of aromatic carboxylic acids is 1. The molecule has 21 heavy (non-hydrogen) atoms. The van der Waals surface area contributed by atoms with Gasteiger partial charge in [-0.2, -0.15) is 0 Å². The lowest BCUT2D eigenvalue weighted by molar-refractivity contribution is -0.389. The molecule has 0 spiro atoms. The second-order valence-corrected chi connectivity index (χ2v) is 4.44. The van der Waals surface area contributed by atoms with Crippen molar-refractivity contribution in [2.75, 3.05) is 5.32 Å². The van der Waals surface area contributed by atoms with Gasteiger partial charge in [-0.05, 0) is 29.2 Å². The Balaban J connectivity index is 2.22. The van der Waals surface area contributed by atoms with Crippen LogP contribution in [0.15, 0.2) is 30.3 Å². The highest BCUT2D eigenvalue weighted by molar-refractivity contribution is 6.31. The van der Waals surface area contributed by atoms with Crippen LogP contribution in [0.2, 0.25) is 5.02 Å². The fourth-order valence-electron chi connectivity index (χ4n) is 1.61. The molecule has 1 heterocycles. The smallest absolute Gasteiger partial charge is 0.335 e. The zero-order valence-electron chi connectivity index (χ0n) is 10.3. The topological polar surface area (TPSA) is 125 Å². The summed E-state index contributed by atoms with van der Waals surface area (Å²) in [6.45, 7) is 0. The number of nitrogens with zero attached hydrogens (tertiary/aromatic N) is 1. The molecular formula is C12H8ClN3O5. The van der Waals surface area contributed by atoms with Crippen molar-refractivity contribution in [3.63, 3.8) is 0 Å². The van der Waals surface area contributed by atoms with Gasteiger partial charge in [0.05, 0.1) is 5.56 Å². The Morgan fingerprint density at radius 3 is 2.57 bits per heavy atom. The molecule has 108 valence electrons. The third-order valence-electron chi connectivity index (χ3n) is 2.51. The van der Waals surface area contributed by atoms with Gasteiger partial charge in [-0.15, -0.1) is 0 Å². The Hall–Kier alpha value is -2.87. The quantitative estimate of drug-likeness (QED) is 0.591. The number of amides is 1. The molecule has 0 unspecified atom stereocenters. The molecule has 3 N–H and O–H groups in total. The maximum Gasteiger partial charge on any atom is 0.335 e. The molecule has 0 saturated carbocycles. The van der Waals surface area contributed by atoms with E-state index in [-0.39, 0.29) is 27.8 Å². The number of rotatable bonds is 4. The number of nitrogens with one attached hydrogen (secondary N) is 2. The molecule has 1 aromatic heterocycles. The molecule has 0 radical (unpaired) electrons. The monoisotopic (exact) mass is 309 g/mol. The number of carbonyl (C=O) groups excluding carboxylic acids is 1. The standard InChI is InChI=1S/C12H8ClN3O5/c13-7-3-6(12(18)19)4-8(5-7)14-11(17)9-1-2-10(15-9)16(20)21/h1-5,15H,(H,14,17)(H,18,19). The van der Waals surface area contributed by atoms with Crippen molar-refractivity contribution in [2.45, 2.75) is 0 Å². The van der Waals surface area contributed by atoms with E-state index in [2.05, 4.69) is 10.3 Å². The van der Waals surface area contributed by atoms with E-state index >= 15 is 0 Å². The average Bonchev–Trinajstić information content (AvgIpc) is 2.87. The fourth-order valence-corrected chi connectivity index (χ4v) is 1.84. The third kappa shape index (κ3) is 3.37. The lowest BCUT2D eigenvalue weighted by Crippen LogP contribution is -2.13. The lowest BCUT2D eigenvalue weighted by atomic mass is 10.2. The Kier molecular flexibility index (Phi) is 3.90. The Morgan fingerprint density at radius 2 is 2.00 bits per heavy atom. The molecule has 1 amide bonds. The van der Waals surface area contributed by atoms with E-state index in [4.69, 9.17) is 16.7 Å². The van der Waals surface area contributed by atoms with Gasteiger partial charge in [0, 0.05) is 16.8 Å². The maximum atomic E-state index is 11.9. The largest absolute Gasteiger partial charge is 0.478 e. The minimum Gasteiger partial charge on any atom is -0.478 e. The first-order chi connectivity index (χ1) is 9.86. The number of halogens is 1. The van der Waals surface area contributed by atoms with E-state index < -0.39 is 16.8 Å². The summed E-state index contributed by atoms with van der Waals surface area (Å²) < 4.78 is 0. The zero-order valence-corrected chi connectivity index (χ0v) is 11.0. The maximum absolute atomic E-state index is 11.9. The van der Waals surface area contributed by atoms with E-state index in [1.165, 1.54) is 24.3 Å². The van der Waals surface area contributed by atoms with Gasteiger partial charge in [-0.3, -0.25) is 4.79 Å². The van der Waals surface area contributed by atoms with Crippen LogP contribution in [0, 0.1) is 10.1 Å². The van der Waals surface area contributed by atoms with E-state index in [1.54, 1.807) is 0 Å². The number of nitro groups is 1. The lowest BCUT2D eigenvalue weighted by Gasteiger charge is -2.05. The third-order valence-corrected chi connectivity index (χ3v) is 2.73. The van der Waals surface area contributed by atoms with Crippen molar-refractivity contribution in [1.82, 2.24) is 4.98 Å². The van der Waals surface area contributed by atoms with Crippen molar-refractivity contribution >= 4 is 35.0 Å². The van der Waals surface area contributed by atoms with E-state index in [1.807, 2.05) is 0 Å². The summed E-state index contributed by atoms with van der Waals surface area (Å²) in [4.78, 5) is 34.9. The minimum absolute atomic E-state index is 0.0291. The summed E-state index contributed by atoms with van der Waals surface area (Å²) >= 11 is 5.76. The molecule has 0 atom stereocenters. The van der Waals surface area contributed by atoms with Gasteiger partial charge >= 0.3 is 11.8 Å². The SMILES string of the molecule is O=C(O)c1cc(Cl)cc(NC(=O)c2ccc([N+](=O)[O-])[nH]2)c1. The highest BCUT2D eigenvalue weighted by Crippen LogP contribution is 2.20. The summed E-state index contributed by atoms with van der Waals surface area (Å²) in [6.07, 6.45) is 0. The minimum atomic E-state index is -1.19. The normalized spacial score (nSPS) is 10.1. The molecule has 2 aromatic rings. The van der Waals surface area contributed by atoms with Crippen molar-refractivity contribution in [3.8, 4) is 0 Å². The number of carboxylic acid groups (broad SMARTS) is 1. The first kappa shape index (κ1) is 14.5. The molecule has 0 bridgehead atoms. The first-order valence-electron chi connectivity index (χ1n) is 5.55. The summed E-state index contributed by atoms with van der Waals surface area (Å²) in [5.74, 6) is -2.16. The molecular weight excluding hydrogens is 302 g/mol. The number of hydrogen-bond donors (Lipinski definition) is 3. The van der Waals surface area contributed by atoms with Crippen LogP contribution in [0.25, 0.3) is 0 Å². The van der Waals surface area contributed by atoms with Gasteiger partial charge in [-0.25, -0.2) is 9.78 Å². The van der Waals surface area contributed by atoms with Crippen LogP contribution in [0.1, 0.15) is 20.8 Å². The summed E-state index contributed by atoms with van der Waals surface area (Å²) in [5, 5.41) is 22.0. The van der Waals surface area contributed by atoms with Gasteiger partial charge < -0.3 is 20.5 Å². The summed E-state index contributed by atoms with van der Waals surface area (Å²) in [6, 6.07) is 6.22. The van der Waals surface area contributed by atoms with Gasteiger partial charge in [0.2, 0.25) is 0 Å². The number of carbonyl (C=O) groups is 2. The molecule has 2 rings (SSSR count). The summed E-state index contributed by atoms with van der Waals surface area (Å²) in [7, 11) is 0. The highest BCUT2D eigenvalue weighted by Gasteiger charge is 2.16. The second-order valence-electron chi connectivity index (χ2n) is 4.00. The Bertz CT molecular complexity index is 740. The first-order valence-corrected chi connectivity index (χ1v) is 5.93. The van der Waals surface area contributed by atoms with E-state index in [0.717, 1.165) is 6.07 Å². The number of anilines is 1. The van der Waals surface area contributed by atoms with Crippen LogP contribution in [0.5, 0.6) is 0 Å². The van der Waals surface area contributed by atoms with Crippen molar-refractivity contribution in [2.24, 2.45) is 0 Å². The van der Waals surface area contributed by atoms with Crippen molar-refractivity contribution < 1.29 is 19.6 Å². The highest BCUT2D eigenvalue weighted by atomic mass is 35.5. The molecule has 8 nitrogen and oxygen atoms in total. The number of H-pyrrole nitrogens is 1. The molecule has 0 aliphatic carbocycles. The molecule has 1 aromatic carbocycles.